The van der Waals surface area contributed by atoms with E-state index < -0.39 is 0 Å². The van der Waals surface area contributed by atoms with Crippen LogP contribution in [0, 0.1) is 5.41 Å². The number of rotatable bonds is 5. The number of aliphatic hydroxyl groups is 1. The minimum atomic E-state index is -0.135. The Morgan fingerprint density at radius 2 is 2.11 bits per heavy atom. The Morgan fingerprint density at radius 1 is 1.32 bits per heavy atom. The maximum absolute atomic E-state index is 9.02. The van der Waals surface area contributed by atoms with Gasteiger partial charge in [0.05, 0.1) is 11.8 Å². The van der Waals surface area contributed by atoms with Crippen LogP contribution in [0.25, 0.3) is 0 Å². The van der Waals surface area contributed by atoms with E-state index in [1.54, 1.807) is 12.1 Å². The van der Waals surface area contributed by atoms with E-state index in [2.05, 4.69) is 10.2 Å². The van der Waals surface area contributed by atoms with E-state index in [4.69, 9.17) is 21.0 Å². The molecule has 0 amide bonds. The van der Waals surface area contributed by atoms with Crippen molar-refractivity contribution < 1.29 is 9.84 Å². The van der Waals surface area contributed by atoms with E-state index in [1.807, 2.05) is 18.2 Å². The Labute approximate surface area is 110 Å². The van der Waals surface area contributed by atoms with Crippen molar-refractivity contribution in [2.24, 2.45) is 5.73 Å². The van der Waals surface area contributed by atoms with Crippen molar-refractivity contribution in [1.29, 1.82) is 5.41 Å². The molecule has 0 aliphatic rings. The summed E-state index contributed by atoms with van der Waals surface area (Å²) in [6.45, 7) is 0.0282. The molecule has 0 atom stereocenters. The molecule has 6 heteroatoms. The molecule has 98 valence electrons. The van der Waals surface area contributed by atoms with Crippen LogP contribution < -0.4 is 10.5 Å². The number of hydrogen-bond donors (Lipinski definition) is 3. The Hall–Kier alpha value is -2.47. The van der Waals surface area contributed by atoms with Crippen LogP contribution in [0.1, 0.15) is 11.1 Å². The van der Waals surface area contributed by atoms with Crippen molar-refractivity contribution in [3.05, 3.63) is 47.7 Å². The van der Waals surface area contributed by atoms with Gasteiger partial charge in [-0.15, -0.1) is 5.10 Å². The summed E-state index contributed by atoms with van der Waals surface area (Å²) in [7, 11) is 0. The smallest absolute Gasteiger partial charge is 0.249 e. The lowest BCUT2D eigenvalue weighted by Gasteiger charge is -2.11. The third-order valence-corrected chi connectivity index (χ3v) is 2.54. The number of aliphatic hydroxyl groups excluding tert-OH is 1. The van der Waals surface area contributed by atoms with Gasteiger partial charge >= 0.3 is 0 Å². The summed E-state index contributed by atoms with van der Waals surface area (Å²) >= 11 is 0. The Balaban J connectivity index is 2.34. The molecule has 0 spiro atoms. The van der Waals surface area contributed by atoms with Gasteiger partial charge < -0.3 is 15.6 Å². The first-order valence-corrected chi connectivity index (χ1v) is 5.75. The van der Waals surface area contributed by atoms with Crippen molar-refractivity contribution in [3.63, 3.8) is 0 Å². The van der Waals surface area contributed by atoms with E-state index in [0.717, 1.165) is 5.56 Å². The molecule has 1 aromatic heterocycles. The predicted octanol–water partition coefficient (Wildman–Crippen LogP) is 1.09. The van der Waals surface area contributed by atoms with Crippen molar-refractivity contribution in [3.8, 4) is 11.6 Å². The number of aromatic nitrogens is 2. The number of amidine groups is 1. The van der Waals surface area contributed by atoms with Gasteiger partial charge in [-0.1, -0.05) is 18.2 Å². The molecule has 1 aromatic carbocycles. The molecule has 6 nitrogen and oxygen atoms in total. The molecule has 0 saturated carbocycles. The van der Waals surface area contributed by atoms with E-state index in [0.29, 0.717) is 17.7 Å². The molecule has 0 fully saturated rings. The molecule has 0 saturated heterocycles. The number of nitrogen functional groups attached to an aromatic ring is 1. The minimum absolute atomic E-state index is 0.0282. The van der Waals surface area contributed by atoms with Gasteiger partial charge in [0, 0.05) is 6.61 Å². The van der Waals surface area contributed by atoms with E-state index >= 15 is 0 Å². The van der Waals surface area contributed by atoms with Gasteiger partial charge in [-0.25, -0.2) is 0 Å². The highest BCUT2D eigenvalue weighted by molar-refractivity contribution is 5.96. The maximum Gasteiger partial charge on any atom is 0.249 e. The molecule has 19 heavy (non-hydrogen) atoms. The van der Waals surface area contributed by atoms with Gasteiger partial charge in [0.25, 0.3) is 0 Å². The van der Waals surface area contributed by atoms with Crippen LogP contribution in [0.2, 0.25) is 0 Å². The third-order valence-electron chi connectivity index (χ3n) is 2.54. The van der Waals surface area contributed by atoms with Crippen molar-refractivity contribution in [2.75, 3.05) is 6.61 Å². The first kappa shape index (κ1) is 13.0. The van der Waals surface area contributed by atoms with Gasteiger partial charge in [0.2, 0.25) is 5.88 Å². The maximum atomic E-state index is 9.02. The first-order valence-electron chi connectivity index (χ1n) is 5.75. The van der Waals surface area contributed by atoms with Crippen LogP contribution in [0.15, 0.2) is 36.5 Å². The van der Waals surface area contributed by atoms with Gasteiger partial charge in [0.15, 0.2) is 0 Å². The lowest BCUT2D eigenvalue weighted by atomic mass is 10.1. The number of ether oxygens (including phenoxy) is 1. The second-order valence-electron chi connectivity index (χ2n) is 3.85. The summed E-state index contributed by atoms with van der Waals surface area (Å²) in [6.07, 6.45) is 1.93. The van der Waals surface area contributed by atoms with Crippen molar-refractivity contribution in [1.82, 2.24) is 10.2 Å². The zero-order valence-electron chi connectivity index (χ0n) is 10.2. The van der Waals surface area contributed by atoms with Crippen LogP contribution >= 0.6 is 0 Å². The van der Waals surface area contributed by atoms with Crippen LogP contribution in [0.3, 0.4) is 0 Å². The van der Waals surface area contributed by atoms with Crippen molar-refractivity contribution in [2.45, 2.75) is 6.42 Å². The Morgan fingerprint density at radius 3 is 2.84 bits per heavy atom. The van der Waals surface area contributed by atoms with Crippen LogP contribution in [0.5, 0.6) is 11.6 Å². The zero-order chi connectivity index (χ0) is 13.7. The third kappa shape index (κ3) is 3.05. The largest absolute Gasteiger partial charge is 0.437 e. The highest BCUT2D eigenvalue weighted by Gasteiger charge is 2.11. The first-order chi connectivity index (χ1) is 9.22. The average molecular weight is 258 g/mol. The number of para-hydroxylation sites is 1. The summed E-state index contributed by atoms with van der Waals surface area (Å²) in [4.78, 5) is 0. The summed E-state index contributed by atoms with van der Waals surface area (Å²) < 4.78 is 5.65. The summed E-state index contributed by atoms with van der Waals surface area (Å²) in [5, 5.41) is 24.0. The van der Waals surface area contributed by atoms with Crippen LogP contribution in [0.4, 0.5) is 0 Å². The number of nitrogens with one attached hydrogen (secondary N) is 1. The lowest BCUT2D eigenvalue weighted by molar-refractivity contribution is 0.297. The lowest BCUT2D eigenvalue weighted by Crippen LogP contribution is -2.13. The van der Waals surface area contributed by atoms with Crippen molar-refractivity contribution >= 4 is 5.84 Å². The highest BCUT2D eigenvalue weighted by Crippen LogP contribution is 2.25. The molecule has 0 aliphatic carbocycles. The van der Waals surface area contributed by atoms with E-state index in [9.17, 15) is 0 Å². The second-order valence-corrected chi connectivity index (χ2v) is 3.85. The quantitative estimate of drug-likeness (QED) is 0.550. The van der Waals surface area contributed by atoms with Gasteiger partial charge in [0.1, 0.15) is 11.6 Å². The summed E-state index contributed by atoms with van der Waals surface area (Å²) in [6, 6.07) is 8.87. The summed E-state index contributed by atoms with van der Waals surface area (Å²) in [5.41, 5.74) is 6.70. The van der Waals surface area contributed by atoms with E-state index in [-0.39, 0.29) is 18.3 Å². The molecule has 2 aromatic rings. The number of nitrogens with two attached hydrogens (primary N) is 1. The molecule has 0 bridgehead atoms. The molecule has 0 radical (unpaired) electrons. The van der Waals surface area contributed by atoms with E-state index in [1.165, 1.54) is 6.20 Å². The standard InChI is InChI=1S/C13H14N4O2/c14-12(15)10-5-7-16-17-13(10)19-11-4-2-1-3-9(11)6-8-18/h1-5,7,18H,6,8H2,(H3,14,15). The Bertz CT molecular complexity index is 586. The zero-order valence-corrected chi connectivity index (χ0v) is 10.2. The van der Waals surface area contributed by atoms with Crippen LogP contribution in [-0.4, -0.2) is 27.7 Å². The highest BCUT2D eigenvalue weighted by atomic mass is 16.5. The molecule has 0 aliphatic heterocycles. The predicted molar refractivity (Wildman–Crippen MR) is 70.4 cm³/mol. The van der Waals surface area contributed by atoms with Crippen LogP contribution in [-0.2, 0) is 6.42 Å². The Kier molecular flexibility index (Phi) is 4.04. The topological polar surface area (TPSA) is 105 Å². The fourth-order valence-electron chi connectivity index (χ4n) is 1.63. The minimum Gasteiger partial charge on any atom is -0.437 e. The number of hydrogen-bond acceptors (Lipinski definition) is 5. The molecule has 4 N–H and O–H groups in total. The average Bonchev–Trinajstić information content (AvgIpc) is 2.42. The molecular formula is C13H14N4O2. The molecule has 0 unspecified atom stereocenters. The van der Waals surface area contributed by atoms with Gasteiger partial charge in [-0.05, 0) is 24.1 Å². The van der Waals surface area contributed by atoms with Gasteiger partial charge in [-0.3, -0.25) is 5.41 Å². The summed E-state index contributed by atoms with van der Waals surface area (Å²) in [5.74, 6) is 0.615. The monoisotopic (exact) mass is 258 g/mol. The number of nitrogens with zero attached hydrogens (tertiary/aromatic N) is 2. The second kappa shape index (κ2) is 5.92. The number of benzene rings is 1. The molecular weight excluding hydrogens is 244 g/mol. The molecule has 1 heterocycles. The van der Waals surface area contributed by atoms with Gasteiger partial charge in [-0.2, -0.15) is 5.10 Å². The fraction of sp³-hybridized carbons (Fsp3) is 0.154. The SMILES string of the molecule is N=C(N)c1ccnnc1Oc1ccccc1CCO. The molecule has 2 rings (SSSR count). The fourth-order valence-corrected chi connectivity index (χ4v) is 1.63. The normalized spacial score (nSPS) is 10.2.